The lowest BCUT2D eigenvalue weighted by molar-refractivity contribution is 0.122. The third-order valence-electron chi connectivity index (χ3n) is 6.30. The molecular weight excluding hydrogens is 445 g/mol. The van der Waals surface area contributed by atoms with Crippen molar-refractivity contribution in [3.63, 3.8) is 0 Å². The molecule has 0 atom stereocenters. The van der Waals surface area contributed by atoms with E-state index in [0.717, 1.165) is 46.5 Å². The van der Waals surface area contributed by atoms with E-state index >= 15 is 0 Å². The lowest BCUT2D eigenvalue weighted by Gasteiger charge is -2.27. The van der Waals surface area contributed by atoms with Crippen LogP contribution in [0.4, 0.5) is 21.8 Å². The average Bonchev–Trinajstić information content (AvgIpc) is 3.50. The number of rotatable bonds is 5. The minimum absolute atomic E-state index is 0.272. The number of aromatic nitrogens is 4. The molecule has 0 spiro atoms. The van der Waals surface area contributed by atoms with E-state index in [1.807, 2.05) is 48.3 Å². The number of nitrogens with one attached hydrogen (secondary N) is 1. The summed E-state index contributed by atoms with van der Waals surface area (Å²) in [5, 5.41) is 8.83. The van der Waals surface area contributed by atoms with Gasteiger partial charge in [-0.25, -0.2) is 9.37 Å². The van der Waals surface area contributed by atoms with Gasteiger partial charge < -0.3 is 15.0 Å². The SMILES string of the molecule is Cn1ncc2ccc(-c3cc(Nc4ccc(C5=C(F)C=NC5)cc4)nc(N4CCOCC4)n3)cc21. The van der Waals surface area contributed by atoms with Crippen LogP contribution in [0.2, 0.25) is 0 Å². The third-order valence-corrected chi connectivity index (χ3v) is 6.30. The lowest BCUT2D eigenvalue weighted by atomic mass is 10.1. The van der Waals surface area contributed by atoms with Crippen LogP contribution in [0, 0.1) is 0 Å². The summed E-state index contributed by atoms with van der Waals surface area (Å²) < 4.78 is 21.3. The molecule has 4 aromatic rings. The van der Waals surface area contributed by atoms with Crippen molar-refractivity contribution in [3.8, 4) is 11.3 Å². The summed E-state index contributed by atoms with van der Waals surface area (Å²) in [5.74, 6) is 1.07. The maximum atomic E-state index is 13.9. The van der Waals surface area contributed by atoms with Gasteiger partial charge in [0.05, 0.1) is 43.4 Å². The average molecular weight is 470 g/mol. The molecule has 2 aromatic carbocycles. The molecule has 1 fully saturated rings. The number of fused-ring (bicyclic) bond motifs is 1. The summed E-state index contributed by atoms with van der Waals surface area (Å²) in [6, 6.07) is 15.8. The van der Waals surface area contributed by atoms with Crippen molar-refractivity contribution >= 4 is 40.1 Å². The Kier molecular flexibility index (Phi) is 5.46. The number of hydrogen-bond donors (Lipinski definition) is 1. The predicted molar refractivity (Wildman–Crippen MR) is 136 cm³/mol. The Balaban J connectivity index is 1.35. The van der Waals surface area contributed by atoms with Gasteiger partial charge in [0, 0.05) is 48.4 Å². The van der Waals surface area contributed by atoms with E-state index in [9.17, 15) is 4.39 Å². The van der Waals surface area contributed by atoms with Gasteiger partial charge in [0.1, 0.15) is 11.6 Å². The summed E-state index contributed by atoms with van der Waals surface area (Å²) in [4.78, 5) is 15.8. The van der Waals surface area contributed by atoms with Crippen LogP contribution in [-0.4, -0.2) is 58.8 Å². The number of hydrogen-bond acceptors (Lipinski definition) is 7. The van der Waals surface area contributed by atoms with Crippen LogP contribution in [0.25, 0.3) is 27.7 Å². The van der Waals surface area contributed by atoms with Gasteiger partial charge in [-0.05, 0) is 23.8 Å². The fraction of sp³-hybridized carbons (Fsp3) is 0.231. The number of anilines is 3. The molecule has 2 aromatic heterocycles. The quantitative estimate of drug-likeness (QED) is 0.467. The first-order chi connectivity index (χ1) is 17.1. The van der Waals surface area contributed by atoms with E-state index < -0.39 is 0 Å². The lowest BCUT2D eigenvalue weighted by Crippen LogP contribution is -2.37. The third kappa shape index (κ3) is 4.26. The highest BCUT2D eigenvalue weighted by Gasteiger charge is 2.17. The van der Waals surface area contributed by atoms with E-state index in [0.29, 0.717) is 37.1 Å². The van der Waals surface area contributed by atoms with Crippen molar-refractivity contribution < 1.29 is 9.13 Å². The van der Waals surface area contributed by atoms with Gasteiger partial charge in [-0.3, -0.25) is 9.67 Å². The molecule has 0 aliphatic carbocycles. The van der Waals surface area contributed by atoms with Crippen LogP contribution in [0.5, 0.6) is 0 Å². The van der Waals surface area contributed by atoms with Crippen molar-refractivity contribution in [2.75, 3.05) is 43.1 Å². The number of benzene rings is 2. The number of halogens is 1. The van der Waals surface area contributed by atoms with Gasteiger partial charge in [0.2, 0.25) is 5.95 Å². The molecule has 0 saturated carbocycles. The first kappa shape index (κ1) is 21.4. The zero-order valence-corrected chi connectivity index (χ0v) is 19.3. The van der Waals surface area contributed by atoms with Crippen LogP contribution in [0.1, 0.15) is 5.56 Å². The zero-order chi connectivity index (χ0) is 23.8. The molecule has 0 radical (unpaired) electrons. The van der Waals surface area contributed by atoms with E-state index in [1.54, 1.807) is 0 Å². The molecule has 1 N–H and O–H groups in total. The summed E-state index contributed by atoms with van der Waals surface area (Å²) in [6.45, 7) is 3.14. The predicted octanol–water partition coefficient (Wildman–Crippen LogP) is 4.38. The van der Waals surface area contributed by atoms with Crippen molar-refractivity contribution in [2.45, 2.75) is 0 Å². The van der Waals surface area contributed by atoms with Crippen LogP contribution in [0.15, 0.2) is 65.5 Å². The second-order valence-corrected chi connectivity index (χ2v) is 8.58. The van der Waals surface area contributed by atoms with E-state index in [1.165, 1.54) is 6.21 Å². The van der Waals surface area contributed by atoms with Crippen LogP contribution >= 0.6 is 0 Å². The summed E-state index contributed by atoms with van der Waals surface area (Å²) in [5.41, 5.74) is 5.14. The Hall–Kier alpha value is -4.11. The Labute approximate surface area is 201 Å². The molecule has 9 heteroatoms. The Morgan fingerprint density at radius 2 is 1.77 bits per heavy atom. The highest BCUT2D eigenvalue weighted by atomic mass is 19.1. The maximum absolute atomic E-state index is 13.9. The molecule has 8 nitrogen and oxygen atoms in total. The van der Waals surface area contributed by atoms with Gasteiger partial charge in [0.15, 0.2) is 0 Å². The fourth-order valence-corrected chi connectivity index (χ4v) is 4.36. The number of nitrogens with zero attached hydrogens (tertiary/aromatic N) is 6. The second kappa shape index (κ2) is 8.92. The van der Waals surface area contributed by atoms with Crippen molar-refractivity contribution in [3.05, 3.63) is 66.1 Å². The molecule has 0 bridgehead atoms. The second-order valence-electron chi connectivity index (χ2n) is 8.58. The number of morpholine rings is 1. The molecule has 6 rings (SSSR count). The summed E-state index contributed by atoms with van der Waals surface area (Å²) in [6.07, 6.45) is 3.13. The van der Waals surface area contributed by atoms with Crippen LogP contribution in [0.3, 0.4) is 0 Å². The number of aryl methyl sites for hydroxylation is 1. The molecule has 0 amide bonds. The van der Waals surface area contributed by atoms with Crippen LogP contribution in [-0.2, 0) is 11.8 Å². The number of ether oxygens (including phenoxy) is 1. The first-order valence-electron chi connectivity index (χ1n) is 11.5. The fourth-order valence-electron chi connectivity index (χ4n) is 4.36. The molecule has 176 valence electrons. The van der Waals surface area contributed by atoms with Gasteiger partial charge in [-0.15, -0.1) is 0 Å². The Bertz CT molecular complexity index is 1450. The van der Waals surface area contributed by atoms with Crippen LogP contribution < -0.4 is 10.2 Å². The molecule has 4 heterocycles. The molecule has 0 unspecified atom stereocenters. The van der Waals surface area contributed by atoms with Gasteiger partial charge >= 0.3 is 0 Å². The topological polar surface area (TPSA) is 80.5 Å². The van der Waals surface area contributed by atoms with Crippen molar-refractivity contribution in [2.24, 2.45) is 12.0 Å². The minimum atomic E-state index is -0.272. The highest BCUT2D eigenvalue weighted by molar-refractivity contribution is 5.93. The normalized spacial score (nSPS) is 15.9. The zero-order valence-electron chi connectivity index (χ0n) is 19.3. The van der Waals surface area contributed by atoms with Gasteiger partial charge in [-0.2, -0.15) is 10.1 Å². The standard InChI is InChI=1S/C26H24FN7O/c1-33-24-12-18(2-3-19(24)14-29-33)23-13-25(32-26(31-23)34-8-10-35-11-9-34)30-20-6-4-17(5-7-20)21-15-28-16-22(21)27/h2-7,12-14,16H,8-11,15H2,1H3,(H,30,31,32). The van der Waals surface area contributed by atoms with Gasteiger partial charge in [0.25, 0.3) is 0 Å². The molecule has 1 saturated heterocycles. The van der Waals surface area contributed by atoms with E-state index in [-0.39, 0.29) is 5.83 Å². The highest BCUT2D eigenvalue weighted by Crippen LogP contribution is 2.29. The van der Waals surface area contributed by atoms with Crippen molar-refractivity contribution in [1.29, 1.82) is 0 Å². The largest absolute Gasteiger partial charge is 0.378 e. The van der Waals surface area contributed by atoms with E-state index in [2.05, 4.69) is 38.5 Å². The monoisotopic (exact) mass is 469 g/mol. The smallest absolute Gasteiger partial charge is 0.228 e. The number of allylic oxidation sites excluding steroid dienone is 1. The molecule has 35 heavy (non-hydrogen) atoms. The summed E-state index contributed by atoms with van der Waals surface area (Å²) in [7, 11) is 1.93. The first-order valence-corrected chi connectivity index (χ1v) is 11.5. The maximum Gasteiger partial charge on any atom is 0.228 e. The molecule has 2 aliphatic heterocycles. The summed E-state index contributed by atoms with van der Waals surface area (Å²) >= 11 is 0. The van der Waals surface area contributed by atoms with E-state index in [4.69, 9.17) is 14.7 Å². The Morgan fingerprint density at radius 3 is 2.54 bits per heavy atom. The Morgan fingerprint density at radius 1 is 0.971 bits per heavy atom. The van der Waals surface area contributed by atoms with Crippen molar-refractivity contribution in [1.82, 2.24) is 19.7 Å². The van der Waals surface area contributed by atoms with Gasteiger partial charge in [-0.1, -0.05) is 24.3 Å². The minimum Gasteiger partial charge on any atom is -0.378 e. The molecular formula is C26H24FN7O. The molecule has 2 aliphatic rings. The number of aliphatic imine (C=N–C) groups is 1.